The molecular formula is C33H38N2O4. The van der Waals surface area contributed by atoms with Gasteiger partial charge in [0.25, 0.3) is 0 Å². The van der Waals surface area contributed by atoms with E-state index in [1.54, 1.807) is 14.2 Å². The Hall–Kier alpha value is -3.58. The summed E-state index contributed by atoms with van der Waals surface area (Å²) in [5, 5.41) is 12.2. The van der Waals surface area contributed by atoms with Crippen LogP contribution in [0.5, 0.6) is 11.5 Å². The Labute approximate surface area is 231 Å². The Balaban J connectivity index is 1.60. The maximum atomic E-state index is 11.0. The van der Waals surface area contributed by atoms with Gasteiger partial charge in [0.2, 0.25) is 0 Å². The van der Waals surface area contributed by atoms with Crippen molar-refractivity contribution in [3.05, 3.63) is 95.7 Å². The summed E-state index contributed by atoms with van der Waals surface area (Å²) in [5.41, 5.74) is 7.00. The van der Waals surface area contributed by atoms with Crippen LogP contribution in [0.3, 0.4) is 0 Å². The molecule has 4 aromatic rings. The first-order valence-corrected chi connectivity index (χ1v) is 13.7. The number of aromatic nitrogens is 1. The summed E-state index contributed by atoms with van der Waals surface area (Å²) >= 11 is 0. The number of fused-ring (bicyclic) bond motifs is 1. The number of nitrogens with zero attached hydrogens (tertiary/aromatic N) is 2. The maximum absolute atomic E-state index is 11.0. The lowest BCUT2D eigenvalue weighted by atomic mass is 9.88. The number of aliphatic hydroxyl groups excluding tert-OH is 1. The van der Waals surface area contributed by atoms with Crippen molar-refractivity contribution in [2.24, 2.45) is 0 Å². The number of rotatable bonds is 10. The minimum atomic E-state index is -0.469. The van der Waals surface area contributed by atoms with Crippen LogP contribution in [0.25, 0.3) is 22.0 Å². The zero-order chi connectivity index (χ0) is 27.2. The zero-order valence-electron chi connectivity index (χ0n) is 23.1. The van der Waals surface area contributed by atoms with Crippen LogP contribution in [-0.2, 0) is 11.3 Å². The smallest absolute Gasteiger partial charge is 0.118 e. The lowest BCUT2D eigenvalue weighted by molar-refractivity contribution is 0.0117. The van der Waals surface area contributed by atoms with Crippen molar-refractivity contribution in [2.75, 3.05) is 47.1 Å². The first kappa shape index (κ1) is 27.0. The molecule has 0 spiro atoms. The Morgan fingerprint density at radius 2 is 1.44 bits per heavy atom. The minimum absolute atomic E-state index is 0.469. The van der Waals surface area contributed by atoms with Gasteiger partial charge in [-0.2, -0.15) is 0 Å². The third-order valence-electron chi connectivity index (χ3n) is 7.51. The quantitative estimate of drug-likeness (QED) is 0.286. The third kappa shape index (κ3) is 6.04. The summed E-state index contributed by atoms with van der Waals surface area (Å²) in [4.78, 5) is 2.28. The van der Waals surface area contributed by atoms with Crippen molar-refractivity contribution in [1.82, 2.24) is 9.47 Å². The fourth-order valence-electron chi connectivity index (χ4n) is 5.54. The average molecular weight is 527 g/mol. The summed E-state index contributed by atoms with van der Waals surface area (Å²) in [7, 11) is 3.38. The first-order valence-electron chi connectivity index (χ1n) is 13.7. The number of para-hydroxylation sites is 1. The van der Waals surface area contributed by atoms with E-state index in [2.05, 4.69) is 71.1 Å². The summed E-state index contributed by atoms with van der Waals surface area (Å²) in [6, 6.07) is 25.0. The number of benzene rings is 3. The second-order valence-corrected chi connectivity index (χ2v) is 9.94. The topological polar surface area (TPSA) is 56.1 Å². The van der Waals surface area contributed by atoms with Gasteiger partial charge in [0.15, 0.2) is 0 Å². The summed E-state index contributed by atoms with van der Waals surface area (Å²) in [6.45, 7) is 6.58. The number of morpholine rings is 1. The van der Waals surface area contributed by atoms with E-state index in [-0.39, 0.29) is 0 Å². The summed E-state index contributed by atoms with van der Waals surface area (Å²) in [6.07, 6.45) is 2.60. The highest BCUT2D eigenvalue weighted by Crippen LogP contribution is 2.39. The number of β-amino-alcohol motifs (C(OH)–C–C–N with tert-alkyl or cyclic N) is 1. The molecule has 0 unspecified atom stereocenters. The second-order valence-electron chi connectivity index (χ2n) is 9.94. The highest BCUT2D eigenvalue weighted by Gasteiger charge is 2.20. The van der Waals surface area contributed by atoms with Crippen LogP contribution < -0.4 is 9.47 Å². The lowest BCUT2D eigenvalue weighted by Crippen LogP contribution is -2.41. The maximum Gasteiger partial charge on any atom is 0.118 e. The molecule has 204 valence electrons. The molecule has 2 heterocycles. The van der Waals surface area contributed by atoms with Crippen molar-refractivity contribution in [3.63, 3.8) is 0 Å². The van der Waals surface area contributed by atoms with Gasteiger partial charge in [0.1, 0.15) is 11.5 Å². The SMILES string of the molecule is CCC(=C(c1ccc(OC)cc1)c1ccc(OC)cc1)c1cn(C[C@H](O)CN2CCOCC2)c2ccccc12. The van der Waals surface area contributed by atoms with Crippen LogP contribution in [0.1, 0.15) is 30.0 Å². The van der Waals surface area contributed by atoms with E-state index in [1.807, 2.05) is 24.3 Å². The van der Waals surface area contributed by atoms with Crippen LogP contribution in [0.4, 0.5) is 0 Å². The number of ether oxygens (including phenoxy) is 3. The molecule has 0 amide bonds. The molecule has 1 N–H and O–H groups in total. The van der Waals surface area contributed by atoms with Crippen molar-refractivity contribution in [2.45, 2.75) is 26.0 Å². The van der Waals surface area contributed by atoms with E-state index in [0.717, 1.165) is 60.9 Å². The molecule has 0 bridgehead atoms. The molecule has 6 nitrogen and oxygen atoms in total. The molecular weight excluding hydrogens is 488 g/mol. The Morgan fingerprint density at radius 1 is 0.846 bits per heavy atom. The number of hydrogen-bond donors (Lipinski definition) is 1. The van der Waals surface area contributed by atoms with Crippen molar-refractivity contribution < 1.29 is 19.3 Å². The van der Waals surface area contributed by atoms with Crippen molar-refractivity contribution in [1.29, 1.82) is 0 Å². The molecule has 1 aliphatic rings. The molecule has 6 heteroatoms. The minimum Gasteiger partial charge on any atom is -0.497 e. The van der Waals surface area contributed by atoms with Crippen LogP contribution >= 0.6 is 0 Å². The van der Waals surface area contributed by atoms with Gasteiger partial charge in [0.05, 0.1) is 33.5 Å². The van der Waals surface area contributed by atoms with Gasteiger partial charge in [0, 0.05) is 48.8 Å². The molecule has 5 rings (SSSR count). The van der Waals surface area contributed by atoms with Crippen LogP contribution in [0.15, 0.2) is 79.0 Å². The standard InChI is InChI=1S/C33H38N2O4/c1-4-29(33(24-9-13-27(37-2)14-10-24)25-11-15-28(38-3)16-12-25)31-23-35(32-8-6-5-7-30(31)32)22-26(36)21-34-17-19-39-20-18-34/h5-16,23,26,36H,4,17-22H2,1-3H3/t26-/m1/s1. The molecule has 0 saturated carbocycles. The number of methoxy groups -OCH3 is 2. The van der Waals surface area contributed by atoms with Crippen LogP contribution in [-0.4, -0.2) is 67.7 Å². The highest BCUT2D eigenvalue weighted by atomic mass is 16.5. The summed E-state index contributed by atoms with van der Waals surface area (Å²) < 4.78 is 18.6. The molecule has 1 fully saturated rings. The number of hydrogen-bond acceptors (Lipinski definition) is 5. The van der Waals surface area contributed by atoms with E-state index >= 15 is 0 Å². The largest absolute Gasteiger partial charge is 0.497 e. The van der Waals surface area contributed by atoms with Gasteiger partial charge >= 0.3 is 0 Å². The van der Waals surface area contributed by atoms with E-state index in [0.29, 0.717) is 13.1 Å². The normalized spacial score (nSPS) is 14.8. The fourth-order valence-corrected chi connectivity index (χ4v) is 5.54. The first-order chi connectivity index (χ1) is 19.1. The Kier molecular flexibility index (Phi) is 8.67. The lowest BCUT2D eigenvalue weighted by Gasteiger charge is -2.28. The Morgan fingerprint density at radius 3 is 2.00 bits per heavy atom. The number of allylic oxidation sites excluding steroid dienone is 1. The molecule has 0 radical (unpaired) electrons. The summed E-state index contributed by atoms with van der Waals surface area (Å²) in [5.74, 6) is 1.66. The van der Waals surface area contributed by atoms with Gasteiger partial charge in [-0.1, -0.05) is 49.4 Å². The predicted molar refractivity (Wildman–Crippen MR) is 157 cm³/mol. The molecule has 39 heavy (non-hydrogen) atoms. The van der Waals surface area contributed by atoms with Gasteiger partial charge in [-0.3, -0.25) is 4.90 Å². The van der Waals surface area contributed by atoms with Crippen molar-refractivity contribution in [3.8, 4) is 11.5 Å². The van der Waals surface area contributed by atoms with E-state index in [1.165, 1.54) is 22.1 Å². The monoisotopic (exact) mass is 526 g/mol. The van der Waals surface area contributed by atoms with E-state index < -0.39 is 6.10 Å². The molecule has 1 atom stereocenters. The van der Waals surface area contributed by atoms with Gasteiger partial charge in [-0.05, 0) is 59.0 Å². The molecule has 0 aliphatic carbocycles. The van der Waals surface area contributed by atoms with Crippen molar-refractivity contribution >= 4 is 22.0 Å². The molecule has 1 aromatic heterocycles. The highest BCUT2D eigenvalue weighted by molar-refractivity contribution is 6.05. The zero-order valence-corrected chi connectivity index (χ0v) is 23.1. The van der Waals surface area contributed by atoms with Gasteiger partial charge in [-0.15, -0.1) is 0 Å². The third-order valence-corrected chi connectivity index (χ3v) is 7.51. The Bertz CT molecular complexity index is 1350. The fraction of sp³-hybridized carbons (Fsp3) is 0.333. The van der Waals surface area contributed by atoms with Gasteiger partial charge in [-0.25, -0.2) is 0 Å². The predicted octanol–water partition coefficient (Wildman–Crippen LogP) is 5.72. The second kappa shape index (κ2) is 12.5. The molecule has 3 aromatic carbocycles. The molecule has 1 saturated heterocycles. The van der Waals surface area contributed by atoms with E-state index in [9.17, 15) is 5.11 Å². The van der Waals surface area contributed by atoms with Crippen LogP contribution in [0.2, 0.25) is 0 Å². The number of aliphatic hydroxyl groups is 1. The molecule has 1 aliphatic heterocycles. The van der Waals surface area contributed by atoms with Crippen LogP contribution in [0, 0.1) is 0 Å². The van der Waals surface area contributed by atoms with E-state index in [4.69, 9.17) is 14.2 Å². The van der Waals surface area contributed by atoms with Gasteiger partial charge < -0.3 is 23.9 Å². The average Bonchev–Trinajstić information content (AvgIpc) is 3.34.